The summed E-state index contributed by atoms with van der Waals surface area (Å²) in [7, 11) is 4.49. The number of methoxy groups -OCH3 is 3. The Labute approximate surface area is 467 Å². The molecule has 11 aliphatic rings. The van der Waals surface area contributed by atoms with Crippen molar-refractivity contribution < 1.29 is 116 Å². The Bertz CT molecular complexity index is 2180. The smallest absolute Gasteiger partial charge is 0.302 e. The van der Waals surface area contributed by atoms with Crippen LogP contribution in [0.2, 0.25) is 0 Å². The molecule has 8 heterocycles. The van der Waals surface area contributed by atoms with E-state index in [1.54, 1.807) is 21.0 Å². The van der Waals surface area contributed by atoms with Gasteiger partial charge in [0.25, 0.3) is 0 Å². The Morgan fingerprint density at radius 3 is 1.90 bits per heavy atom. The second-order valence-corrected chi connectivity index (χ2v) is 24.9. The van der Waals surface area contributed by atoms with Crippen molar-refractivity contribution in [3.8, 4) is 0 Å². The van der Waals surface area contributed by atoms with Crippen molar-refractivity contribution in [2.24, 2.45) is 28.6 Å². The molecule has 0 aromatic heterocycles. The third kappa shape index (κ3) is 10.3. The molecule has 24 heteroatoms. The number of carbonyl (C=O) groups excluding carboxylic acids is 1. The Kier molecular flexibility index (Phi) is 17.4. The average Bonchev–Trinajstić information content (AvgIpc) is 2.49. The van der Waals surface area contributed by atoms with Crippen molar-refractivity contribution in [2.75, 3.05) is 41.2 Å². The van der Waals surface area contributed by atoms with Gasteiger partial charge in [0.15, 0.2) is 43.0 Å². The molecule has 24 nitrogen and oxygen atoms in total. The van der Waals surface area contributed by atoms with Gasteiger partial charge < -0.3 is 111 Å². The van der Waals surface area contributed by atoms with Gasteiger partial charge in [0, 0.05) is 64.3 Å². The maximum atomic E-state index is 12.4. The molecule has 11 rings (SSSR count). The molecule has 10 fully saturated rings. The monoisotopic (exact) mass is 1140 g/mol. The van der Waals surface area contributed by atoms with Crippen LogP contribution in [0.15, 0.2) is 11.6 Å². The first-order chi connectivity index (χ1) is 38.1. The summed E-state index contributed by atoms with van der Waals surface area (Å²) in [5.41, 5.74) is 0.689. The van der Waals surface area contributed by atoms with E-state index in [1.807, 2.05) is 13.8 Å². The lowest BCUT2D eigenvalue weighted by Crippen LogP contribution is -2.65. The average molecular weight is 1150 g/mol. The quantitative estimate of drug-likeness (QED) is 0.0935. The fourth-order valence-electron chi connectivity index (χ4n) is 16.5. The third-order valence-electron chi connectivity index (χ3n) is 20.3. The van der Waals surface area contributed by atoms with Crippen molar-refractivity contribution in [2.45, 2.75) is 265 Å². The Morgan fingerprint density at radius 1 is 0.662 bits per heavy atom. The molecule has 31 atom stereocenters. The molecule has 0 spiro atoms. The van der Waals surface area contributed by atoms with Crippen LogP contribution in [0.3, 0.4) is 0 Å². The van der Waals surface area contributed by atoms with E-state index < -0.39 is 153 Å². The molecule has 0 amide bonds. The van der Waals surface area contributed by atoms with E-state index in [0.29, 0.717) is 19.6 Å². The number of rotatable bonds is 16. The number of hydrogen-bond donors (Lipinski definition) is 6. The van der Waals surface area contributed by atoms with Crippen LogP contribution in [0.25, 0.3) is 0 Å². The molecule has 8 aliphatic heterocycles. The van der Waals surface area contributed by atoms with Gasteiger partial charge in [0.2, 0.25) is 0 Å². The van der Waals surface area contributed by atoms with Gasteiger partial charge in [-0.3, -0.25) is 4.79 Å². The third-order valence-corrected chi connectivity index (χ3v) is 20.3. The minimum atomic E-state index is -1.67. The van der Waals surface area contributed by atoms with Gasteiger partial charge in [0.1, 0.15) is 67.6 Å². The number of fused-ring (bicyclic) bond motifs is 3. The van der Waals surface area contributed by atoms with E-state index in [1.165, 1.54) is 26.7 Å². The predicted molar refractivity (Wildman–Crippen MR) is 270 cm³/mol. The molecular formula is C56H88O24. The normalized spacial score (nSPS) is 54.5. The number of allylic oxidation sites excluding steroid dienone is 1. The van der Waals surface area contributed by atoms with E-state index in [2.05, 4.69) is 19.9 Å². The first-order valence-electron chi connectivity index (χ1n) is 29.1. The summed E-state index contributed by atoms with van der Waals surface area (Å²) in [5, 5.41) is 64.1. The first-order valence-corrected chi connectivity index (χ1v) is 29.1. The van der Waals surface area contributed by atoms with Gasteiger partial charge in [-0.2, -0.15) is 0 Å². The fraction of sp³-hybridized carbons (Fsp3) is 0.946. The van der Waals surface area contributed by atoms with E-state index in [4.69, 9.17) is 80.5 Å². The Balaban J connectivity index is 0.665. The molecular weight excluding hydrogens is 1060 g/mol. The van der Waals surface area contributed by atoms with Gasteiger partial charge in [-0.05, 0) is 79.1 Å². The van der Waals surface area contributed by atoms with E-state index in [0.717, 1.165) is 32.1 Å². The van der Waals surface area contributed by atoms with Crippen LogP contribution >= 0.6 is 0 Å². The molecule has 8 saturated heterocycles. The number of esters is 1. The number of aliphatic hydroxyl groups excluding tert-OH is 6. The molecule has 0 radical (unpaired) electrons. The highest BCUT2D eigenvalue weighted by molar-refractivity contribution is 5.66. The van der Waals surface area contributed by atoms with E-state index >= 15 is 0 Å². The topological polar surface area (TPSA) is 295 Å². The Hall–Kier alpha value is -1.67. The molecule has 0 aromatic rings. The summed E-state index contributed by atoms with van der Waals surface area (Å²) in [6.45, 7) is 13.2. The lowest BCUT2D eigenvalue weighted by atomic mass is 9.47. The van der Waals surface area contributed by atoms with Gasteiger partial charge in [0.05, 0.1) is 74.1 Å². The Morgan fingerprint density at radius 2 is 1.27 bits per heavy atom. The summed E-state index contributed by atoms with van der Waals surface area (Å²) in [6, 6.07) is 0. The van der Waals surface area contributed by atoms with Crippen molar-refractivity contribution in [1.82, 2.24) is 0 Å². The number of hydrogen-bond acceptors (Lipinski definition) is 24. The second kappa shape index (κ2) is 23.2. The second-order valence-electron chi connectivity index (χ2n) is 24.9. The number of ether oxygens (including phenoxy) is 17. The summed E-state index contributed by atoms with van der Waals surface area (Å²) in [6.07, 6.45) is -13.5. The molecule has 80 heavy (non-hydrogen) atoms. The maximum absolute atomic E-state index is 12.4. The van der Waals surface area contributed by atoms with Crippen LogP contribution in [0, 0.1) is 28.6 Å². The molecule has 2 bridgehead atoms. The zero-order chi connectivity index (χ0) is 57.0. The fourth-order valence-corrected chi connectivity index (χ4v) is 16.5. The van der Waals surface area contributed by atoms with Crippen LogP contribution in [-0.2, 0) is 85.3 Å². The summed E-state index contributed by atoms with van der Waals surface area (Å²) >= 11 is 0. The first kappa shape index (κ1) is 60.0. The molecule has 2 saturated carbocycles. The molecule has 0 aromatic carbocycles. The summed E-state index contributed by atoms with van der Waals surface area (Å²) in [5.74, 6) is -1.28. The highest BCUT2D eigenvalue weighted by Gasteiger charge is 2.83. The zero-order valence-electron chi connectivity index (χ0n) is 47.7. The summed E-state index contributed by atoms with van der Waals surface area (Å²) < 4.78 is 107. The predicted octanol–water partition coefficient (Wildman–Crippen LogP) is 1.21. The van der Waals surface area contributed by atoms with Gasteiger partial charge >= 0.3 is 5.97 Å². The van der Waals surface area contributed by atoms with Crippen LogP contribution in [-0.4, -0.2) is 237 Å². The highest BCUT2D eigenvalue weighted by atomic mass is 16.8. The standard InChI is InChI=1S/C56H88O24/c1-24-45(33(59)18-38(69-24)73-30-13-16-55(23-67-28(5)58)29(17-30)11-12-32-31(55)14-15-53(6)50-37-22-68-54(50,7)80-56(32,53)79-37)75-39-19-34(64-8)46(25(2)70-39)76-40-20-35(65-9)47(26(3)71-40)77-52-44(63)49(66-10)48(27(4)72-52)78-51-43(62)42(61)41(60)36(21-57)74-51/h11,24-27,30-52,57,59-63H,12-23H2,1-10H3/t24?,25?,26?,27?,30-,31-,32+,33+,34+,35+,36?,37+,38-,39-,40-,41+,42-,43?,44?,45+,46+,47+,48+,49+,50-,51-,52-,53+,54+,55+,56-/m0/s1. The maximum Gasteiger partial charge on any atom is 0.302 e. The van der Waals surface area contributed by atoms with Crippen LogP contribution < -0.4 is 0 Å². The van der Waals surface area contributed by atoms with E-state index in [-0.39, 0.29) is 66.0 Å². The zero-order valence-corrected chi connectivity index (χ0v) is 47.7. The number of carbonyl (C=O) groups is 1. The molecule has 6 N–H and O–H groups in total. The van der Waals surface area contributed by atoms with Crippen molar-refractivity contribution in [3.05, 3.63) is 11.6 Å². The van der Waals surface area contributed by atoms with E-state index in [9.17, 15) is 35.4 Å². The summed E-state index contributed by atoms with van der Waals surface area (Å²) in [4.78, 5) is 12.4. The SMILES string of the molecule is CO[C@@H]1C(O)[C@H](O[C@@H]2C(C)O[C@@H](O[C@@H]3C(C)O[C@@H](O[C@@H]4C(C)O[C@@H](O[C@H]5CC[C@@]6(COC(C)=O)C(=CC[C@@H]7[C@@H]6CC[C@]6(C)[C@@H]8[C@H]9CO[C@]8(C)O[C@@]76O9)C5)C[C@H]4O)C[C@H]3OC)C[C@H]2OC)OC(C)[C@H]1O[C@@H]1OC(CO)[C@@H](O)[C@H](O)C1O. The van der Waals surface area contributed by atoms with Crippen LogP contribution in [0.4, 0.5) is 0 Å². The highest BCUT2D eigenvalue weighted by Crippen LogP contribution is 2.76. The minimum Gasteiger partial charge on any atom is -0.465 e. The van der Waals surface area contributed by atoms with Gasteiger partial charge in [-0.25, -0.2) is 0 Å². The largest absolute Gasteiger partial charge is 0.465 e. The van der Waals surface area contributed by atoms with Gasteiger partial charge in [-0.1, -0.05) is 18.6 Å². The molecule has 3 aliphatic carbocycles. The molecule has 456 valence electrons. The minimum absolute atomic E-state index is 0.0126. The molecule has 7 unspecified atom stereocenters. The van der Waals surface area contributed by atoms with Crippen LogP contribution in [0.1, 0.15) is 106 Å². The van der Waals surface area contributed by atoms with Crippen molar-refractivity contribution in [1.29, 1.82) is 0 Å². The lowest BCUT2D eigenvalue weighted by Gasteiger charge is -2.60. The van der Waals surface area contributed by atoms with Crippen molar-refractivity contribution >= 4 is 5.97 Å². The number of aliphatic hydroxyl groups is 6. The lowest BCUT2D eigenvalue weighted by molar-refractivity contribution is -0.374. The van der Waals surface area contributed by atoms with Crippen molar-refractivity contribution in [3.63, 3.8) is 0 Å². The van der Waals surface area contributed by atoms with Crippen LogP contribution in [0.5, 0.6) is 0 Å². The van der Waals surface area contributed by atoms with Gasteiger partial charge in [-0.15, -0.1) is 0 Å².